The third-order valence-corrected chi connectivity index (χ3v) is 4.83. The smallest absolute Gasteiger partial charge is 0.338 e. The Balaban J connectivity index is 2.63. The predicted molar refractivity (Wildman–Crippen MR) is 72.5 cm³/mol. The van der Waals surface area contributed by atoms with Crippen LogP contribution in [0.2, 0.25) is 0 Å². The van der Waals surface area contributed by atoms with Gasteiger partial charge < -0.3 is 9.84 Å². The van der Waals surface area contributed by atoms with Crippen molar-refractivity contribution in [3.8, 4) is 0 Å². The average molecular weight is 274 g/mol. The minimum Gasteiger partial charge on any atom is -0.464 e. The van der Waals surface area contributed by atoms with Gasteiger partial charge in [0.15, 0.2) is 6.10 Å². The fourth-order valence-corrected chi connectivity index (χ4v) is 2.87. The molecular formula is C15H27FO3. The summed E-state index contributed by atoms with van der Waals surface area (Å²) in [6, 6.07) is 0. The molecule has 112 valence electrons. The van der Waals surface area contributed by atoms with Crippen molar-refractivity contribution in [2.45, 2.75) is 71.6 Å². The van der Waals surface area contributed by atoms with Crippen LogP contribution in [0.5, 0.6) is 0 Å². The van der Waals surface area contributed by atoms with Crippen molar-refractivity contribution in [1.29, 1.82) is 0 Å². The lowest BCUT2D eigenvalue weighted by molar-refractivity contribution is -0.165. The number of rotatable bonds is 5. The molecule has 1 aliphatic carbocycles. The molecule has 0 heterocycles. The van der Waals surface area contributed by atoms with E-state index in [4.69, 9.17) is 4.74 Å². The molecule has 1 fully saturated rings. The molecule has 1 aliphatic rings. The Morgan fingerprint density at radius 1 is 1.42 bits per heavy atom. The molecule has 0 radical (unpaired) electrons. The zero-order chi connectivity index (χ0) is 14.7. The average Bonchev–Trinajstić information content (AvgIpc) is 2.38. The molecule has 0 amide bonds. The van der Waals surface area contributed by atoms with Gasteiger partial charge >= 0.3 is 5.97 Å². The Labute approximate surface area is 115 Å². The summed E-state index contributed by atoms with van der Waals surface area (Å²) in [5, 5.41) is 9.83. The highest BCUT2D eigenvalue weighted by atomic mass is 19.1. The molecule has 19 heavy (non-hydrogen) atoms. The topological polar surface area (TPSA) is 46.5 Å². The lowest BCUT2D eigenvalue weighted by atomic mass is 9.66. The standard InChI is InChI=1S/C15H27FO3/c1-5-14(3,4)11-7-9-15(16,10-8-11)12(17)13(18)19-6-2/h11-12,17H,5-10H2,1-4H3. The van der Waals surface area contributed by atoms with Gasteiger partial charge in [-0.1, -0.05) is 27.2 Å². The van der Waals surface area contributed by atoms with Crippen LogP contribution in [0.3, 0.4) is 0 Å². The van der Waals surface area contributed by atoms with E-state index < -0.39 is 17.7 Å². The van der Waals surface area contributed by atoms with E-state index in [-0.39, 0.29) is 24.9 Å². The predicted octanol–water partition coefficient (Wildman–Crippen LogP) is 3.25. The molecule has 0 aromatic rings. The summed E-state index contributed by atoms with van der Waals surface area (Å²) in [5.74, 6) is -0.381. The number of carbonyl (C=O) groups excluding carboxylic acids is 1. The maximum atomic E-state index is 14.7. The molecule has 0 bridgehead atoms. The number of hydrogen-bond donors (Lipinski definition) is 1. The maximum Gasteiger partial charge on any atom is 0.338 e. The second-order valence-electron chi connectivity index (χ2n) is 6.31. The number of hydrogen-bond acceptors (Lipinski definition) is 3. The Kier molecular flexibility index (Phi) is 5.36. The van der Waals surface area contributed by atoms with Gasteiger partial charge in [0.25, 0.3) is 0 Å². The van der Waals surface area contributed by atoms with E-state index in [1.165, 1.54) is 0 Å². The first-order valence-corrected chi connectivity index (χ1v) is 7.30. The molecule has 0 aromatic carbocycles. The molecule has 1 saturated carbocycles. The first kappa shape index (κ1) is 16.4. The summed E-state index contributed by atoms with van der Waals surface area (Å²) >= 11 is 0. The fourth-order valence-electron chi connectivity index (χ4n) is 2.87. The third kappa shape index (κ3) is 3.68. The quantitative estimate of drug-likeness (QED) is 0.783. The number of halogens is 1. The summed E-state index contributed by atoms with van der Waals surface area (Å²) in [6.07, 6.45) is 1.32. The zero-order valence-corrected chi connectivity index (χ0v) is 12.5. The van der Waals surface area contributed by atoms with Crippen LogP contribution in [0.25, 0.3) is 0 Å². The number of ether oxygens (including phenoxy) is 1. The largest absolute Gasteiger partial charge is 0.464 e. The van der Waals surface area contributed by atoms with Crippen molar-refractivity contribution in [2.75, 3.05) is 6.61 Å². The minimum absolute atomic E-state index is 0.164. The number of aliphatic hydroxyl groups excluding tert-OH is 1. The van der Waals surface area contributed by atoms with Gasteiger partial charge in [0, 0.05) is 0 Å². The maximum absolute atomic E-state index is 14.7. The Bertz CT molecular complexity index is 307. The van der Waals surface area contributed by atoms with E-state index in [1.807, 2.05) is 0 Å². The van der Waals surface area contributed by atoms with Gasteiger partial charge in [-0.3, -0.25) is 0 Å². The third-order valence-electron chi connectivity index (χ3n) is 4.83. The molecule has 1 atom stereocenters. The van der Waals surface area contributed by atoms with Gasteiger partial charge in [-0.2, -0.15) is 0 Å². The molecule has 0 saturated heterocycles. The van der Waals surface area contributed by atoms with E-state index in [0.717, 1.165) is 6.42 Å². The van der Waals surface area contributed by atoms with Crippen molar-refractivity contribution < 1.29 is 19.0 Å². The van der Waals surface area contributed by atoms with E-state index in [2.05, 4.69) is 20.8 Å². The normalized spacial score (nSPS) is 29.9. The van der Waals surface area contributed by atoms with Crippen molar-refractivity contribution >= 4 is 5.97 Å². The molecule has 0 aliphatic heterocycles. The molecule has 0 spiro atoms. The van der Waals surface area contributed by atoms with Crippen molar-refractivity contribution in [3.05, 3.63) is 0 Å². The lowest BCUT2D eigenvalue weighted by Gasteiger charge is -2.42. The number of esters is 1. The van der Waals surface area contributed by atoms with Crippen LogP contribution in [0.1, 0.15) is 59.8 Å². The molecule has 0 aromatic heterocycles. The van der Waals surface area contributed by atoms with E-state index >= 15 is 0 Å². The van der Waals surface area contributed by atoms with Crippen molar-refractivity contribution in [2.24, 2.45) is 11.3 Å². The highest BCUT2D eigenvalue weighted by molar-refractivity contribution is 5.76. The second kappa shape index (κ2) is 6.21. The van der Waals surface area contributed by atoms with Gasteiger partial charge in [0.05, 0.1) is 6.61 Å². The lowest BCUT2D eigenvalue weighted by Crippen LogP contribution is -2.48. The van der Waals surface area contributed by atoms with Gasteiger partial charge in [-0.15, -0.1) is 0 Å². The van der Waals surface area contributed by atoms with E-state index in [0.29, 0.717) is 18.8 Å². The molecule has 4 heteroatoms. The highest BCUT2D eigenvalue weighted by Gasteiger charge is 2.47. The monoisotopic (exact) mass is 274 g/mol. The minimum atomic E-state index is -1.81. The van der Waals surface area contributed by atoms with Gasteiger partial charge in [0.1, 0.15) is 5.67 Å². The van der Waals surface area contributed by atoms with Gasteiger partial charge in [-0.05, 0) is 43.9 Å². The van der Waals surface area contributed by atoms with Crippen molar-refractivity contribution in [3.63, 3.8) is 0 Å². The summed E-state index contributed by atoms with van der Waals surface area (Å²) in [5.41, 5.74) is -1.62. The summed E-state index contributed by atoms with van der Waals surface area (Å²) < 4.78 is 19.4. The molecular weight excluding hydrogens is 247 g/mol. The first-order valence-electron chi connectivity index (χ1n) is 7.30. The van der Waals surface area contributed by atoms with Gasteiger partial charge in [0.2, 0.25) is 0 Å². The zero-order valence-electron chi connectivity index (χ0n) is 12.5. The summed E-state index contributed by atoms with van der Waals surface area (Å²) in [6.45, 7) is 8.35. The Morgan fingerprint density at radius 3 is 2.37 bits per heavy atom. The number of aliphatic hydroxyl groups is 1. The second-order valence-corrected chi connectivity index (χ2v) is 6.31. The van der Waals surface area contributed by atoms with Crippen LogP contribution in [0.15, 0.2) is 0 Å². The van der Waals surface area contributed by atoms with E-state index in [9.17, 15) is 14.3 Å². The summed E-state index contributed by atoms with van der Waals surface area (Å²) in [4.78, 5) is 11.5. The van der Waals surface area contributed by atoms with Crippen LogP contribution < -0.4 is 0 Å². The Morgan fingerprint density at radius 2 is 1.95 bits per heavy atom. The van der Waals surface area contributed by atoms with Crippen molar-refractivity contribution in [1.82, 2.24) is 0 Å². The van der Waals surface area contributed by atoms with Crippen LogP contribution >= 0.6 is 0 Å². The van der Waals surface area contributed by atoms with Crippen LogP contribution in [-0.4, -0.2) is 29.5 Å². The van der Waals surface area contributed by atoms with Crippen LogP contribution in [0.4, 0.5) is 4.39 Å². The highest BCUT2D eigenvalue weighted by Crippen LogP contribution is 2.45. The van der Waals surface area contributed by atoms with Gasteiger partial charge in [-0.25, -0.2) is 9.18 Å². The van der Waals surface area contributed by atoms with Crippen LogP contribution in [0, 0.1) is 11.3 Å². The molecule has 1 unspecified atom stereocenters. The molecule has 3 nitrogen and oxygen atoms in total. The van der Waals surface area contributed by atoms with Crippen LogP contribution in [-0.2, 0) is 9.53 Å². The molecule has 1 N–H and O–H groups in total. The number of carbonyl (C=O) groups is 1. The Hall–Kier alpha value is -0.640. The molecule has 1 rings (SSSR count). The SMILES string of the molecule is CCOC(=O)C(O)C1(F)CCC(C(C)(C)CC)CC1. The fraction of sp³-hybridized carbons (Fsp3) is 0.933. The van der Waals surface area contributed by atoms with E-state index in [1.54, 1.807) is 6.92 Å². The number of alkyl halides is 1. The first-order chi connectivity index (χ1) is 8.77. The summed E-state index contributed by atoms with van der Waals surface area (Å²) in [7, 11) is 0.